The molecule has 0 amide bonds. The molecule has 1 aliphatic rings. The van der Waals surface area contributed by atoms with Crippen molar-refractivity contribution in [2.45, 2.75) is 19.4 Å². The lowest BCUT2D eigenvalue weighted by Gasteiger charge is -2.03. The predicted octanol–water partition coefficient (Wildman–Crippen LogP) is 0.153. The Morgan fingerprint density at radius 1 is 1.50 bits per heavy atom. The van der Waals surface area contributed by atoms with Crippen molar-refractivity contribution in [1.29, 1.82) is 0 Å². The first-order chi connectivity index (χ1) is 5.65. The molecule has 1 aliphatic heterocycles. The molecule has 2 atom stereocenters. The minimum absolute atomic E-state index is 0.0265. The van der Waals surface area contributed by atoms with Gasteiger partial charge in [0.05, 0.1) is 19.6 Å². The third-order valence-electron chi connectivity index (χ3n) is 1.99. The third kappa shape index (κ3) is 1.82. The number of hydrogen-bond acceptors (Lipinski definition) is 4. The quantitative estimate of drug-likeness (QED) is 0.556. The van der Waals surface area contributed by atoms with E-state index in [0.717, 1.165) is 0 Å². The Labute approximate surface area is 70.8 Å². The summed E-state index contributed by atoms with van der Waals surface area (Å²) in [6.45, 7) is 1.77. The van der Waals surface area contributed by atoms with Crippen LogP contribution in [-0.2, 0) is 19.1 Å². The van der Waals surface area contributed by atoms with Crippen LogP contribution in [0, 0.1) is 5.92 Å². The molecule has 1 heterocycles. The van der Waals surface area contributed by atoms with E-state index >= 15 is 0 Å². The van der Waals surface area contributed by atoms with E-state index < -0.39 is 6.10 Å². The topological polar surface area (TPSA) is 52.6 Å². The number of ketones is 1. The van der Waals surface area contributed by atoms with E-state index in [0.29, 0.717) is 13.0 Å². The summed E-state index contributed by atoms with van der Waals surface area (Å²) in [5, 5.41) is 0. The van der Waals surface area contributed by atoms with Crippen LogP contribution in [-0.4, -0.2) is 31.6 Å². The van der Waals surface area contributed by atoms with Gasteiger partial charge in [0.15, 0.2) is 5.78 Å². The molecule has 0 radical (unpaired) electrons. The van der Waals surface area contributed by atoms with Crippen LogP contribution in [0.5, 0.6) is 0 Å². The van der Waals surface area contributed by atoms with E-state index in [1.54, 1.807) is 0 Å². The third-order valence-corrected chi connectivity index (χ3v) is 1.99. The normalized spacial score (nSPS) is 28.5. The molecule has 0 spiro atoms. The van der Waals surface area contributed by atoms with Crippen molar-refractivity contribution in [1.82, 2.24) is 0 Å². The summed E-state index contributed by atoms with van der Waals surface area (Å²) in [5.41, 5.74) is 0. The van der Waals surface area contributed by atoms with Crippen LogP contribution in [0.2, 0.25) is 0 Å². The fraction of sp³-hybridized carbons (Fsp3) is 0.750. The number of ether oxygens (including phenoxy) is 2. The summed E-state index contributed by atoms with van der Waals surface area (Å²) in [5.74, 6) is -0.580. The second kappa shape index (κ2) is 3.67. The molecule has 68 valence electrons. The summed E-state index contributed by atoms with van der Waals surface area (Å²) in [6, 6.07) is 0. The van der Waals surface area contributed by atoms with Gasteiger partial charge in [0.2, 0.25) is 0 Å². The highest BCUT2D eigenvalue weighted by molar-refractivity contribution is 5.82. The van der Waals surface area contributed by atoms with Crippen molar-refractivity contribution in [3.63, 3.8) is 0 Å². The number of carbonyl (C=O) groups is 2. The molecule has 1 fully saturated rings. The second-order valence-electron chi connectivity index (χ2n) is 2.89. The van der Waals surface area contributed by atoms with Crippen LogP contribution in [0.4, 0.5) is 0 Å². The van der Waals surface area contributed by atoms with Crippen molar-refractivity contribution < 1.29 is 19.1 Å². The van der Waals surface area contributed by atoms with Crippen LogP contribution in [0.25, 0.3) is 0 Å². The average Bonchev–Trinajstić information content (AvgIpc) is 2.51. The van der Waals surface area contributed by atoms with Crippen LogP contribution in [0.3, 0.4) is 0 Å². The lowest BCUT2D eigenvalue weighted by atomic mass is 10.0. The highest BCUT2D eigenvalue weighted by Crippen LogP contribution is 2.20. The first-order valence-corrected chi connectivity index (χ1v) is 3.85. The van der Waals surface area contributed by atoms with Crippen molar-refractivity contribution >= 4 is 11.8 Å². The van der Waals surface area contributed by atoms with E-state index in [4.69, 9.17) is 4.74 Å². The maximum absolute atomic E-state index is 11.0. The Bertz CT molecular complexity index is 199. The zero-order valence-corrected chi connectivity index (χ0v) is 7.20. The molecule has 0 N–H and O–H groups in total. The Kier molecular flexibility index (Phi) is 2.81. The van der Waals surface area contributed by atoms with E-state index in [1.807, 2.05) is 0 Å². The van der Waals surface area contributed by atoms with Crippen molar-refractivity contribution in [2.24, 2.45) is 5.92 Å². The number of hydrogen-bond donors (Lipinski definition) is 0. The second-order valence-corrected chi connectivity index (χ2v) is 2.89. The zero-order chi connectivity index (χ0) is 9.14. The van der Waals surface area contributed by atoms with Crippen LogP contribution >= 0.6 is 0 Å². The number of carbonyl (C=O) groups excluding carboxylic acids is 2. The summed E-state index contributed by atoms with van der Waals surface area (Å²) in [7, 11) is 1.34. The van der Waals surface area contributed by atoms with Gasteiger partial charge in [0.25, 0.3) is 0 Å². The van der Waals surface area contributed by atoms with Crippen LogP contribution < -0.4 is 0 Å². The monoisotopic (exact) mass is 172 g/mol. The summed E-state index contributed by atoms with van der Waals surface area (Å²) < 4.78 is 9.63. The zero-order valence-electron chi connectivity index (χ0n) is 7.20. The molecule has 0 aromatic heterocycles. The number of Topliss-reactive ketones (excluding diaryl/α,β-unsaturated/α-hetero) is 1. The lowest BCUT2D eigenvalue weighted by molar-refractivity contribution is -0.145. The van der Waals surface area contributed by atoms with Gasteiger partial charge in [-0.15, -0.1) is 0 Å². The van der Waals surface area contributed by atoms with Crippen LogP contribution in [0.15, 0.2) is 0 Å². The first-order valence-electron chi connectivity index (χ1n) is 3.85. The molecule has 0 saturated carbocycles. The molecule has 0 aromatic rings. The van der Waals surface area contributed by atoms with Gasteiger partial charge < -0.3 is 9.47 Å². The lowest BCUT2D eigenvalue weighted by Crippen LogP contribution is -2.18. The van der Waals surface area contributed by atoms with Crippen molar-refractivity contribution in [2.75, 3.05) is 13.7 Å². The van der Waals surface area contributed by atoms with E-state index in [2.05, 4.69) is 4.74 Å². The van der Waals surface area contributed by atoms with Gasteiger partial charge in [-0.05, 0) is 13.3 Å². The molecule has 0 aromatic carbocycles. The molecule has 0 aliphatic carbocycles. The smallest absolute Gasteiger partial charge is 0.311 e. The number of esters is 1. The first kappa shape index (κ1) is 9.19. The Morgan fingerprint density at radius 2 is 2.17 bits per heavy atom. The minimum atomic E-state index is -0.408. The van der Waals surface area contributed by atoms with Gasteiger partial charge in [-0.2, -0.15) is 0 Å². The highest BCUT2D eigenvalue weighted by atomic mass is 16.5. The Hall–Kier alpha value is -0.900. The molecule has 0 unspecified atom stereocenters. The molecule has 4 heteroatoms. The maximum Gasteiger partial charge on any atom is 0.311 e. The number of rotatable bonds is 2. The summed E-state index contributed by atoms with van der Waals surface area (Å²) in [6.07, 6.45) is 0.0521. The standard InChI is InChI=1S/C8H12O4/c1-5(9)7-3-6(4-12-7)8(10)11-2/h6-7H,3-4H2,1-2H3/t6-,7-/m1/s1. The van der Waals surface area contributed by atoms with Crippen molar-refractivity contribution in [3.8, 4) is 0 Å². The molecule has 1 saturated heterocycles. The van der Waals surface area contributed by atoms with Crippen molar-refractivity contribution in [3.05, 3.63) is 0 Å². The fourth-order valence-corrected chi connectivity index (χ4v) is 1.24. The van der Waals surface area contributed by atoms with Gasteiger partial charge in [0, 0.05) is 0 Å². The average molecular weight is 172 g/mol. The molecule has 1 rings (SSSR count). The molecular weight excluding hydrogens is 160 g/mol. The largest absolute Gasteiger partial charge is 0.469 e. The summed E-state index contributed by atoms with van der Waals surface area (Å²) in [4.78, 5) is 21.8. The Morgan fingerprint density at radius 3 is 2.58 bits per heavy atom. The van der Waals surface area contributed by atoms with Gasteiger partial charge in [-0.1, -0.05) is 0 Å². The molecule has 4 nitrogen and oxygen atoms in total. The van der Waals surface area contributed by atoms with Crippen LogP contribution in [0.1, 0.15) is 13.3 Å². The van der Waals surface area contributed by atoms with Gasteiger partial charge in [-0.25, -0.2) is 0 Å². The maximum atomic E-state index is 11.0. The minimum Gasteiger partial charge on any atom is -0.469 e. The number of methoxy groups -OCH3 is 1. The Balaban J connectivity index is 2.45. The SMILES string of the molecule is COC(=O)[C@H]1CO[C@@H](C(C)=O)C1. The summed E-state index contributed by atoms with van der Waals surface area (Å²) >= 11 is 0. The predicted molar refractivity (Wildman–Crippen MR) is 40.5 cm³/mol. The fourth-order valence-electron chi connectivity index (χ4n) is 1.24. The van der Waals surface area contributed by atoms with Gasteiger partial charge in [0.1, 0.15) is 6.10 Å². The highest BCUT2D eigenvalue weighted by Gasteiger charge is 2.33. The molecular formula is C8H12O4. The molecule has 0 bridgehead atoms. The van der Waals surface area contributed by atoms with E-state index in [-0.39, 0.29) is 17.7 Å². The van der Waals surface area contributed by atoms with Gasteiger partial charge >= 0.3 is 5.97 Å². The van der Waals surface area contributed by atoms with E-state index in [9.17, 15) is 9.59 Å². The van der Waals surface area contributed by atoms with Gasteiger partial charge in [-0.3, -0.25) is 9.59 Å². The van der Waals surface area contributed by atoms with E-state index in [1.165, 1.54) is 14.0 Å². The molecule has 12 heavy (non-hydrogen) atoms.